The fourth-order valence-electron chi connectivity index (χ4n) is 3.61. The van der Waals surface area contributed by atoms with Crippen molar-refractivity contribution in [1.82, 2.24) is 4.90 Å². The maximum Gasteiger partial charge on any atom is 0.124 e. The van der Waals surface area contributed by atoms with Crippen LogP contribution in [0.25, 0.3) is 0 Å². The molecule has 0 aliphatic carbocycles. The van der Waals surface area contributed by atoms with E-state index in [0.29, 0.717) is 12.8 Å². The molecule has 0 unspecified atom stereocenters. The molecule has 1 aliphatic heterocycles. The maximum absolute atomic E-state index is 11.2. The minimum Gasteiger partial charge on any atom is -0.496 e. The summed E-state index contributed by atoms with van der Waals surface area (Å²) < 4.78 is 11.3. The third kappa shape index (κ3) is 4.19. The van der Waals surface area contributed by atoms with E-state index >= 15 is 0 Å². The zero-order valence-corrected chi connectivity index (χ0v) is 15.8. The van der Waals surface area contributed by atoms with Crippen LogP contribution < -0.4 is 9.47 Å². The van der Waals surface area contributed by atoms with Crippen molar-refractivity contribution in [3.8, 4) is 11.5 Å². The van der Waals surface area contributed by atoms with E-state index in [1.807, 2.05) is 36.4 Å². The number of para-hydroxylation sites is 2. The fraction of sp³-hybridized carbons (Fsp3) is 0.455. The largest absolute Gasteiger partial charge is 0.496 e. The first kappa shape index (κ1) is 18.7. The Bertz CT molecular complexity index is 708. The van der Waals surface area contributed by atoms with E-state index in [-0.39, 0.29) is 0 Å². The van der Waals surface area contributed by atoms with Crippen molar-refractivity contribution >= 4 is 0 Å². The van der Waals surface area contributed by atoms with Gasteiger partial charge in [0.25, 0.3) is 0 Å². The summed E-state index contributed by atoms with van der Waals surface area (Å²) in [5, 5.41) is 11.2. The molecule has 1 saturated heterocycles. The first-order valence-electron chi connectivity index (χ1n) is 9.45. The standard InChI is InChI=1S/C22H29NO3/c1-3-16-26-20-10-6-4-8-18(20)17-23-14-12-22(24,13-15-23)19-9-5-7-11-21(19)25-2/h4-11,24H,3,12-17H2,1-2H3. The number of nitrogens with zero attached hydrogens (tertiary/aromatic N) is 1. The highest BCUT2D eigenvalue weighted by atomic mass is 16.5. The molecule has 4 heteroatoms. The van der Waals surface area contributed by atoms with Crippen LogP contribution in [0.3, 0.4) is 0 Å². The number of hydrogen-bond donors (Lipinski definition) is 1. The SMILES string of the molecule is CCCOc1ccccc1CN1CCC(O)(c2ccccc2OC)CC1. The van der Waals surface area contributed by atoms with Gasteiger partial charge in [0.1, 0.15) is 11.5 Å². The van der Waals surface area contributed by atoms with Crippen LogP contribution in [0.2, 0.25) is 0 Å². The number of likely N-dealkylation sites (tertiary alicyclic amines) is 1. The molecule has 1 fully saturated rings. The molecule has 0 spiro atoms. The number of methoxy groups -OCH3 is 1. The Morgan fingerprint density at radius 1 is 1.00 bits per heavy atom. The molecule has 1 N–H and O–H groups in total. The van der Waals surface area contributed by atoms with Gasteiger partial charge in [-0.1, -0.05) is 43.3 Å². The molecule has 3 rings (SSSR count). The van der Waals surface area contributed by atoms with E-state index < -0.39 is 5.60 Å². The first-order valence-corrected chi connectivity index (χ1v) is 9.45. The normalized spacial score (nSPS) is 17.0. The van der Waals surface area contributed by atoms with Gasteiger partial charge in [-0.05, 0) is 31.4 Å². The molecule has 0 bridgehead atoms. The van der Waals surface area contributed by atoms with Crippen molar-refractivity contribution in [2.24, 2.45) is 0 Å². The van der Waals surface area contributed by atoms with E-state index in [1.165, 1.54) is 5.56 Å². The summed E-state index contributed by atoms with van der Waals surface area (Å²) in [5.74, 6) is 1.74. The topological polar surface area (TPSA) is 41.9 Å². The predicted octanol–water partition coefficient (Wildman–Crippen LogP) is 3.97. The molecule has 2 aromatic rings. The van der Waals surface area contributed by atoms with Gasteiger partial charge in [-0.25, -0.2) is 0 Å². The van der Waals surface area contributed by atoms with Gasteiger partial charge in [-0.3, -0.25) is 4.90 Å². The van der Waals surface area contributed by atoms with Gasteiger partial charge in [0.05, 0.1) is 19.3 Å². The molecule has 0 atom stereocenters. The Morgan fingerprint density at radius 3 is 2.35 bits per heavy atom. The van der Waals surface area contributed by atoms with Gasteiger partial charge in [0.15, 0.2) is 0 Å². The summed E-state index contributed by atoms with van der Waals surface area (Å²) in [6, 6.07) is 16.0. The van der Waals surface area contributed by atoms with E-state index in [1.54, 1.807) is 7.11 Å². The van der Waals surface area contributed by atoms with Crippen molar-refractivity contribution in [2.75, 3.05) is 26.8 Å². The lowest BCUT2D eigenvalue weighted by Crippen LogP contribution is -2.42. The molecule has 0 radical (unpaired) electrons. The quantitative estimate of drug-likeness (QED) is 0.816. The van der Waals surface area contributed by atoms with Gasteiger partial charge >= 0.3 is 0 Å². The van der Waals surface area contributed by atoms with Crippen molar-refractivity contribution in [3.63, 3.8) is 0 Å². The zero-order valence-electron chi connectivity index (χ0n) is 15.8. The second kappa shape index (κ2) is 8.56. The van der Waals surface area contributed by atoms with Crippen molar-refractivity contribution in [3.05, 3.63) is 59.7 Å². The number of hydrogen-bond acceptors (Lipinski definition) is 4. The second-order valence-corrected chi connectivity index (χ2v) is 6.96. The average Bonchev–Trinajstić information content (AvgIpc) is 2.69. The van der Waals surface area contributed by atoms with Crippen LogP contribution in [-0.2, 0) is 12.1 Å². The van der Waals surface area contributed by atoms with Crippen molar-refractivity contribution in [2.45, 2.75) is 38.3 Å². The van der Waals surface area contributed by atoms with Crippen LogP contribution in [0.15, 0.2) is 48.5 Å². The Balaban J connectivity index is 1.66. The molecule has 4 nitrogen and oxygen atoms in total. The highest BCUT2D eigenvalue weighted by molar-refractivity contribution is 5.38. The monoisotopic (exact) mass is 355 g/mol. The highest BCUT2D eigenvalue weighted by Crippen LogP contribution is 2.38. The molecule has 26 heavy (non-hydrogen) atoms. The lowest BCUT2D eigenvalue weighted by molar-refractivity contribution is -0.0293. The predicted molar refractivity (Wildman–Crippen MR) is 104 cm³/mol. The maximum atomic E-state index is 11.2. The summed E-state index contributed by atoms with van der Waals surface area (Å²) in [5.41, 5.74) is 1.29. The Labute approximate surface area is 156 Å². The van der Waals surface area contributed by atoms with E-state index in [4.69, 9.17) is 9.47 Å². The number of ether oxygens (including phenoxy) is 2. The van der Waals surface area contributed by atoms with E-state index in [2.05, 4.69) is 24.0 Å². The Hall–Kier alpha value is -2.04. The third-order valence-corrected chi connectivity index (χ3v) is 5.12. The Kier molecular flexibility index (Phi) is 6.17. The smallest absolute Gasteiger partial charge is 0.124 e. The summed E-state index contributed by atoms with van der Waals surface area (Å²) in [6.45, 7) is 5.39. The summed E-state index contributed by atoms with van der Waals surface area (Å²) in [6.07, 6.45) is 2.40. The molecule has 1 aliphatic rings. The second-order valence-electron chi connectivity index (χ2n) is 6.96. The summed E-state index contributed by atoms with van der Waals surface area (Å²) in [7, 11) is 1.66. The third-order valence-electron chi connectivity index (χ3n) is 5.12. The van der Waals surface area contributed by atoms with Gasteiger partial charge < -0.3 is 14.6 Å². The fourth-order valence-corrected chi connectivity index (χ4v) is 3.61. The van der Waals surface area contributed by atoms with Crippen LogP contribution in [0.1, 0.15) is 37.3 Å². The lowest BCUT2D eigenvalue weighted by atomic mass is 9.83. The van der Waals surface area contributed by atoms with Crippen LogP contribution >= 0.6 is 0 Å². The summed E-state index contributed by atoms with van der Waals surface area (Å²) >= 11 is 0. The molecule has 140 valence electrons. The van der Waals surface area contributed by atoms with Crippen LogP contribution in [0.4, 0.5) is 0 Å². The van der Waals surface area contributed by atoms with Crippen LogP contribution in [0, 0.1) is 0 Å². The van der Waals surface area contributed by atoms with Gasteiger partial charge in [0, 0.05) is 30.8 Å². The zero-order chi connectivity index (χ0) is 18.4. The van der Waals surface area contributed by atoms with E-state index in [9.17, 15) is 5.11 Å². The minimum atomic E-state index is -0.818. The molecule has 1 heterocycles. The summed E-state index contributed by atoms with van der Waals surface area (Å²) in [4.78, 5) is 2.39. The Morgan fingerprint density at radius 2 is 1.65 bits per heavy atom. The number of benzene rings is 2. The van der Waals surface area contributed by atoms with Crippen molar-refractivity contribution < 1.29 is 14.6 Å². The first-order chi connectivity index (χ1) is 12.7. The number of rotatable bonds is 7. The van der Waals surface area contributed by atoms with Gasteiger partial charge in [-0.15, -0.1) is 0 Å². The molecule has 0 amide bonds. The molecular formula is C22H29NO3. The molecule has 0 saturated carbocycles. The van der Waals surface area contributed by atoms with Crippen molar-refractivity contribution in [1.29, 1.82) is 0 Å². The van der Waals surface area contributed by atoms with Crippen LogP contribution in [-0.4, -0.2) is 36.8 Å². The highest BCUT2D eigenvalue weighted by Gasteiger charge is 2.36. The lowest BCUT2D eigenvalue weighted by Gasteiger charge is -2.39. The van der Waals surface area contributed by atoms with Gasteiger partial charge in [0.2, 0.25) is 0 Å². The molecular weight excluding hydrogens is 326 g/mol. The van der Waals surface area contributed by atoms with Gasteiger partial charge in [-0.2, -0.15) is 0 Å². The molecule has 2 aromatic carbocycles. The minimum absolute atomic E-state index is 0.700. The number of aliphatic hydroxyl groups is 1. The average molecular weight is 355 g/mol. The number of piperidine rings is 1. The van der Waals surface area contributed by atoms with Crippen LogP contribution in [0.5, 0.6) is 11.5 Å². The molecule has 0 aromatic heterocycles. The van der Waals surface area contributed by atoms with E-state index in [0.717, 1.165) is 49.7 Å².